The molecule has 0 radical (unpaired) electrons. The minimum Gasteiger partial charge on any atom is -0.309 e. The van der Waals surface area contributed by atoms with Crippen molar-refractivity contribution in [1.82, 2.24) is 4.57 Å². The van der Waals surface area contributed by atoms with Gasteiger partial charge in [-0.2, -0.15) is 0 Å². The standard InChI is InChI=1S/C39H33NS/c1-3-4-5-6-7-8-16-30-22-25-32(26-23-30)40-36-19-12-10-18-34(36)35-27-24-31(28-37(35)40)33-17-11-14-21-39(33)41-38-20-13-9-15-29(38)2/h3-7,9-15,17-28H,1,8,16H2,2H3/b5-4-,7-6-. The highest BCUT2D eigenvalue weighted by Gasteiger charge is 2.15. The van der Waals surface area contributed by atoms with Crippen LogP contribution in [0.3, 0.4) is 0 Å². The zero-order chi connectivity index (χ0) is 28.0. The van der Waals surface area contributed by atoms with Crippen LogP contribution >= 0.6 is 11.8 Å². The van der Waals surface area contributed by atoms with Crippen LogP contribution in [0.25, 0.3) is 38.6 Å². The van der Waals surface area contributed by atoms with Crippen LogP contribution in [-0.4, -0.2) is 4.57 Å². The quantitative estimate of drug-likeness (QED) is 0.163. The summed E-state index contributed by atoms with van der Waals surface area (Å²) < 4.78 is 2.41. The molecule has 0 aliphatic heterocycles. The van der Waals surface area contributed by atoms with Crippen molar-refractivity contribution in [2.45, 2.75) is 29.6 Å². The average molecular weight is 548 g/mol. The SMILES string of the molecule is C=C/C=C\C=C/CCc1ccc(-n2c3ccccc3c3ccc(-c4ccccc4Sc4ccccc4C)cc32)cc1. The number of aromatic nitrogens is 1. The molecule has 41 heavy (non-hydrogen) atoms. The van der Waals surface area contributed by atoms with Gasteiger partial charge in [-0.1, -0.05) is 128 Å². The largest absolute Gasteiger partial charge is 0.309 e. The molecule has 6 aromatic rings. The van der Waals surface area contributed by atoms with Crippen LogP contribution in [0.5, 0.6) is 0 Å². The fourth-order valence-electron chi connectivity index (χ4n) is 5.38. The molecular weight excluding hydrogens is 515 g/mol. The molecule has 200 valence electrons. The van der Waals surface area contributed by atoms with E-state index in [1.165, 1.54) is 59.5 Å². The van der Waals surface area contributed by atoms with E-state index in [2.05, 4.69) is 145 Å². The van der Waals surface area contributed by atoms with Gasteiger partial charge < -0.3 is 4.57 Å². The first-order chi connectivity index (χ1) is 20.2. The van der Waals surface area contributed by atoms with E-state index in [0.29, 0.717) is 0 Å². The second-order valence-corrected chi connectivity index (χ2v) is 11.3. The first kappa shape index (κ1) is 26.7. The fraction of sp³-hybridized carbons (Fsp3) is 0.0769. The van der Waals surface area contributed by atoms with Crippen LogP contribution < -0.4 is 0 Å². The number of aryl methyl sites for hydroxylation is 2. The molecule has 0 bridgehead atoms. The Morgan fingerprint density at radius 1 is 0.683 bits per heavy atom. The van der Waals surface area contributed by atoms with Crippen molar-refractivity contribution in [3.63, 3.8) is 0 Å². The summed E-state index contributed by atoms with van der Waals surface area (Å²) in [6, 6.07) is 42.1. The second kappa shape index (κ2) is 12.3. The van der Waals surface area contributed by atoms with E-state index in [9.17, 15) is 0 Å². The lowest BCUT2D eigenvalue weighted by molar-refractivity contribution is 0.998. The van der Waals surface area contributed by atoms with Crippen molar-refractivity contribution in [2.75, 3.05) is 0 Å². The Labute approximate surface area is 247 Å². The van der Waals surface area contributed by atoms with Crippen LogP contribution in [0.2, 0.25) is 0 Å². The molecule has 0 saturated carbocycles. The summed E-state index contributed by atoms with van der Waals surface area (Å²) in [5.74, 6) is 0. The second-order valence-electron chi connectivity index (χ2n) is 10.2. The van der Waals surface area contributed by atoms with E-state index in [0.717, 1.165) is 12.8 Å². The minimum atomic E-state index is 1.01. The van der Waals surface area contributed by atoms with Gasteiger partial charge in [-0.3, -0.25) is 0 Å². The Morgan fingerprint density at radius 3 is 2.24 bits per heavy atom. The predicted octanol–water partition coefficient (Wildman–Crippen LogP) is 11.1. The Kier molecular flexibility index (Phi) is 8.02. The molecule has 0 saturated heterocycles. The topological polar surface area (TPSA) is 4.93 Å². The maximum atomic E-state index is 3.71. The summed E-state index contributed by atoms with van der Waals surface area (Å²) in [6.45, 7) is 5.89. The minimum absolute atomic E-state index is 1.01. The molecule has 2 heteroatoms. The van der Waals surface area contributed by atoms with Gasteiger partial charge in [0, 0.05) is 26.3 Å². The van der Waals surface area contributed by atoms with Gasteiger partial charge in [0.25, 0.3) is 0 Å². The Hall–Kier alpha value is -4.53. The Morgan fingerprint density at radius 2 is 1.41 bits per heavy atom. The number of benzene rings is 5. The van der Waals surface area contributed by atoms with Gasteiger partial charge in [-0.15, -0.1) is 0 Å². The monoisotopic (exact) mass is 547 g/mol. The highest BCUT2D eigenvalue weighted by atomic mass is 32.2. The zero-order valence-electron chi connectivity index (χ0n) is 23.3. The van der Waals surface area contributed by atoms with Crippen molar-refractivity contribution in [1.29, 1.82) is 0 Å². The molecule has 0 fully saturated rings. The molecule has 1 nitrogen and oxygen atoms in total. The summed E-state index contributed by atoms with van der Waals surface area (Å²) >= 11 is 1.84. The van der Waals surface area contributed by atoms with Gasteiger partial charge >= 0.3 is 0 Å². The maximum Gasteiger partial charge on any atom is 0.0547 e. The average Bonchev–Trinajstić information content (AvgIpc) is 3.34. The van der Waals surface area contributed by atoms with Crippen molar-refractivity contribution in [3.8, 4) is 16.8 Å². The molecule has 0 N–H and O–H groups in total. The first-order valence-corrected chi connectivity index (χ1v) is 14.9. The van der Waals surface area contributed by atoms with Gasteiger partial charge in [0.15, 0.2) is 0 Å². The Balaban J connectivity index is 1.39. The number of nitrogens with zero attached hydrogens (tertiary/aromatic N) is 1. The van der Waals surface area contributed by atoms with Gasteiger partial charge in [0.05, 0.1) is 11.0 Å². The molecule has 0 unspecified atom stereocenters. The van der Waals surface area contributed by atoms with E-state index in [-0.39, 0.29) is 0 Å². The smallest absolute Gasteiger partial charge is 0.0547 e. The lowest BCUT2D eigenvalue weighted by atomic mass is 10.0. The van der Waals surface area contributed by atoms with Gasteiger partial charge in [0.1, 0.15) is 0 Å². The van der Waals surface area contributed by atoms with Gasteiger partial charge in [-0.25, -0.2) is 0 Å². The maximum absolute atomic E-state index is 3.71. The van der Waals surface area contributed by atoms with E-state index >= 15 is 0 Å². The highest BCUT2D eigenvalue weighted by Crippen LogP contribution is 2.40. The van der Waals surface area contributed by atoms with Crippen molar-refractivity contribution in [3.05, 3.63) is 163 Å². The van der Waals surface area contributed by atoms with E-state index in [1.807, 2.05) is 23.9 Å². The molecular formula is C39H33NS. The summed E-state index contributed by atoms with van der Waals surface area (Å²) in [5, 5.41) is 2.55. The lowest BCUT2D eigenvalue weighted by Crippen LogP contribution is -1.95. The van der Waals surface area contributed by atoms with Crippen molar-refractivity contribution < 1.29 is 0 Å². The lowest BCUT2D eigenvalue weighted by Gasteiger charge is -2.13. The van der Waals surface area contributed by atoms with Crippen LogP contribution in [0.1, 0.15) is 17.5 Å². The molecule has 0 atom stereocenters. The van der Waals surface area contributed by atoms with E-state index in [1.54, 1.807) is 6.08 Å². The van der Waals surface area contributed by atoms with Crippen LogP contribution in [0, 0.1) is 6.92 Å². The summed E-state index contributed by atoms with van der Waals surface area (Å²) in [4.78, 5) is 2.56. The van der Waals surface area contributed by atoms with Gasteiger partial charge in [0.2, 0.25) is 0 Å². The number of rotatable bonds is 9. The first-order valence-electron chi connectivity index (χ1n) is 14.1. The normalized spacial score (nSPS) is 11.7. The van der Waals surface area contributed by atoms with E-state index in [4.69, 9.17) is 0 Å². The van der Waals surface area contributed by atoms with Crippen LogP contribution in [0.4, 0.5) is 0 Å². The highest BCUT2D eigenvalue weighted by molar-refractivity contribution is 7.99. The molecule has 0 spiro atoms. The van der Waals surface area contributed by atoms with Gasteiger partial charge in [-0.05, 0) is 78.4 Å². The van der Waals surface area contributed by atoms with Crippen LogP contribution in [0.15, 0.2) is 162 Å². The fourth-order valence-corrected chi connectivity index (χ4v) is 6.43. The number of allylic oxidation sites excluding steroid dienone is 5. The molecule has 0 aliphatic rings. The van der Waals surface area contributed by atoms with Crippen molar-refractivity contribution in [2.24, 2.45) is 0 Å². The molecule has 6 rings (SSSR count). The third kappa shape index (κ3) is 5.70. The molecule has 1 aromatic heterocycles. The van der Waals surface area contributed by atoms with Crippen molar-refractivity contribution >= 4 is 33.6 Å². The van der Waals surface area contributed by atoms with Crippen LogP contribution in [-0.2, 0) is 6.42 Å². The number of para-hydroxylation sites is 1. The van der Waals surface area contributed by atoms with E-state index < -0.39 is 0 Å². The summed E-state index contributed by atoms with van der Waals surface area (Å²) in [6.07, 6.45) is 12.1. The molecule has 0 aliphatic carbocycles. The molecule has 5 aromatic carbocycles. The summed E-state index contributed by atoms with van der Waals surface area (Å²) in [7, 11) is 0. The molecule has 0 amide bonds. The number of fused-ring (bicyclic) bond motifs is 3. The molecule has 1 heterocycles. The number of hydrogen-bond acceptors (Lipinski definition) is 1. The Bertz CT molecular complexity index is 1890. The third-order valence-corrected chi connectivity index (χ3v) is 8.73. The third-order valence-electron chi connectivity index (χ3n) is 7.47. The number of hydrogen-bond donors (Lipinski definition) is 0. The predicted molar refractivity (Wildman–Crippen MR) is 178 cm³/mol. The zero-order valence-corrected chi connectivity index (χ0v) is 24.1. The summed E-state index contributed by atoms with van der Waals surface area (Å²) in [5.41, 5.74) is 8.76.